The molecule has 20 heavy (non-hydrogen) atoms. The molecule has 0 bridgehead atoms. The summed E-state index contributed by atoms with van der Waals surface area (Å²) < 4.78 is 5.50. The second-order valence-corrected chi connectivity index (χ2v) is 6.43. The Morgan fingerprint density at radius 3 is 2.70 bits per heavy atom. The quantitative estimate of drug-likeness (QED) is 0.760. The summed E-state index contributed by atoms with van der Waals surface area (Å²) >= 11 is 0. The summed E-state index contributed by atoms with van der Waals surface area (Å²) in [6.07, 6.45) is 3.52. The normalized spacial score (nSPS) is 23.8. The largest absolute Gasteiger partial charge is 0.444 e. The average molecular weight is 286 g/mol. The number of ether oxygens (including phenoxy) is 1. The number of amides is 1. The van der Waals surface area contributed by atoms with Gasteiger partial charge in [0, 0.05) is 19.2 Å². The van der Waals surface area contributed by atoms with Crippen molar-refractivity contribution in [3.8, 4) is 0 Å². The molecule has 118 valence electrons. The topological polar surface area (TPSA) is 61.8 Å². The molecular formula is C15H30N2O3. The maximum Gasteiger partial charge on any atom is 0.410 e. The van der Waals surface area contributed by atoms with Gasteiger partial charge < -0.3 is 20.1 Å². The molecule has 0 aromatic carbocycles. The van der Waals surface area contributed by atoms with E-state index in [4.69, 9.17) is 9.84 Å². The lowest BCUT2D eigenvalue weighted by atomic mass is 9.94. The van der Waals surface area contributed by atoms with Crippen LogP contribution in [0.5, 0.6) is 0 Å². The summed E-state index contributed by atoms with van der Waals surface area (Å²) in [6, 6.07) is 0.477. The molecule has 1 amide bonds. The molecule has 1 heterocycles. The second kappa shape index (κ2) is 7.84. The van der Waals surface area contributed by atoms with Gasteiger partial charge in [0.25, 0.3) is 0 Å². The first-order chi connectivity index (χ1) is 9.39. The molecule has 0 radical (unpaired) electrons. The number of aliphatic hydroxyl groups excluding tert-OH is 1. The zero-order valence-electron chi connectivity index (χ0n) is 13.3. The highest BCUT2D eigenvalue weighted by Crippen LogP contribution is 2.23. The molecule has 1 saturated heterocycles. The van der Waals surface area contributed by atoms with Gasteiger partial charge in [-0.3, -0.25) is 0 Å². The fourth-order valence-corrected chi connectivity index (χ4v) is 2.71. The fourth-order valence-electron chi connectivity index (χ4n) is 2.71. The maximum absolute atomic E-state index is 12.3. The number of hydrogen-bond donors (Lipinski definition) is 2. The van der Waals surface area contributed by atoms with Crippen LogP contribution in [0.3, 0.4) is 0 Å². The number of hydrogen-bond acceptors (Lipinski definition) is 4. The van der Waals surface area contributed by atoms with Gasteiger partial charge in [-0.2, -0.15) is 0 Å². The van der Waals surface area contributed by atoms with Gasteiger partial charge in [0.05, 0.1) is 6.04 Å². The van der Waals surface area contributed by atoms with Crippen molar-refractivity contribution in [3.63, 3.8) is 0 Å². The molecule has 1 fully saturated rings. The zero-order valence-corrected chi connectivity index (χ0v) is 13.3. The minimum absolute atomic E-state index is 0.178. The Morgan fingerprint density at radius 2 is 2.15 bits per heavy atom. The van der Waals surface area contributed by atoms with Crippen molar-refractivity contribution in [1.82, 2.24) is 10.2 Å². The van der Waals surface area contributed by atoms with Crippen LogP contribution in [0.25, 0.3) is 0 Å². The fraction of sp³-hybridized carbons (Fsp3) is 0.933. The van der Waals surface area contributed by atoms with Crippen molar-refractivity contribution in [2.45, 2.75) is 71.1 Å². The number of nitrogens with zero attached hydrogens (tertiary/aromatic N) is 1. The van der Waals surface area contributed by atoms with Crippen LogP contribution in [0.4, 0.5) is 4.79 Å². The summed E-state index contributed by atoms with van der Waals surface area (Å²) in [4.78, 5) is 14.2. The van der Waals surface area contributed by atoms with E-state index >= 15 is 0 Å². The zero-order chi connectivity index (χ0) is 15.2. The Kier molecular flexibility index (Phi) is 6.76. The highest BCUT2D eigenvalue weighted by Gasteiger charge is 2.35. The van der Waals surface area contributed by atoms with Crippen LogP contribution in [0.15, 0.2) is 0 Å². The van der Waals surface area contributed by atoms with Gasteiger partial charge in [-0.05, 0) is 53.0 Å². The lowest BCUT2D eigenvalue weighted by Crippen LogP contribution is -2.56. The van der Waals surface area contributed by atoms with Crippen molar-refractivity contribution in [2.75, 3.05) is 19.7 Å². The molecule has 1 aliphatic heterocycles. The first-order valence-corrected chi connectivity index (χ1v) is 7.73. The van der Waals surface area contributed by atoms with Crippen molar-refractivity contribution < 1.29 is 14.6 Å². The minimum atomic E-state index is -0.452. The predicted octanol–water partition coefficient (Wildman–Crippen LogP) is 2.14. The molecule has 2 N–H and O–H groups in total. The van der Waals surface area contributed by atoms with Crippen LogP contribution in [-0.4, -0.2) is 53.5 Å². The lowest BCUT2D eigenvalue weighted by molar-refractivity contribution is 0.00379. The standard InChI is InChI=1S/C15H30N2O3/c1-5-13-12(16-9-7-11-18)8-6-10-17(13)14(19)20-15(2,3)4/h12-13,16,18H,5-11H2,1-4H3. The number of likely N-dealkylation sites (tertiary alicyclic amines) is 1. The Morgan fingerprint density at radius 1 is 1.45 bits per heavy atom. The van der Waals surface area contributed by atoms with Crippen LogP contribution in [0.2, 0.25) is 0 Å². The van der Waals surface area contributed by atoms with E-state index in [0.29, 0.717) is 6.04 Å². The summed E-state index contributed by atoms with van der Waals surface area (Å²) in [5.41, 5.74) is -0.452. The van der Waals surface area contributed by atoms with Crippen LogP contribution >= 0.6 is 0 Å². The smallest absolute Gasteiger partial charge is 0.410 e. The molecule has 0 aromatic rings. The molecule has 0 spiro atoms. The van der Waals surface area contributed by atoms with Crippen LogP contribution in [0.1, 0.15) is 53.4 Å². The van der Waals surface area contributed by atoms with Gasteiger partial charge in [0.1, 0.15) is 5.60 Å². The van der Waals surface area contributed by atoms with Gasteiger partial charge in [-0.25, -0.2) is 4.79 Å². The number of aliphatic hydroxyl groups is 1. The molecule has 2 unspecified atom stereocenters. The third-order valence-corrected chi connectivity index (χ3v) is 3.57. The molecule has 0 aromatic heterocycles. The SMILES string of the molecule is CCC1C(NCCCO)CCCN1C(=O)OC(C)(C)C. The van der Waals surface area contributed by atoms with E-state index < -0.39 is 5.60 Å². The Bertz CT molecular complexity index is 302. The number of piperidine rings is 1. The van der Waals surface area contributed by atoms with Gasteiger partial charge in [-0.15, -0.1) is 0 Å². The number of carbonyl (C=O) groups is 1. The van der Waals surface area contributed by atoms with Crippen molar-refractivity contribution in [1.29, 1.82) is 0 Å². The summed E-state index contributed by atoms with van der Waals surface area (Å²) in [5.74, 6) is 0. The maximum atomic E-state index is 12.3. The van der Waals surface area contributed by atoms with E-state index in [1.165, 1.54) is 0 Å². The highest BCUT2D eigenvalue weighted by atomic mass is 16.6. The van der Waals surface area contributed by atoms with E-state index in [0.717, 1.165) is 38.8 Å². The van der Waals surface area contributed by atoms with Crippen LogP contribution < -0.4 is 5.32 Å². The molecule has 0 saturated carbocycles. The van der Waals surface area contributed by atoms with E-state index in [1.807, 2.05) is 25.7 Å². The van der Waals surface area contributed by atoms with Crippen molar-refractivity contribution in [3.05, 3.63) is 0 Å². The van der Waals surface area contributed by atoms with Gasteiger partial charge in [-0.1, -0.05) is 6.92 Å². The average Bonchev–Trinajstić information content (AvgIpc) is 2.36. The molecule has 5 heteroatoms. The monoisotopic (exact) mass is 286 g/mol. The third-order valence-electron chi connectivity index (χ3n) is 3.57. The number of nitrogens with one attached hydrogen (secondary N) is 1. The summed E-state index contributed by atoms with van der Waals surface area (Å²) in [7, 11) is 0. The summed E-state index contributed by atoms with van der Waals surface area (Å²) in [5, 5.41) is 12.3. The van der Waals surface area contributed by atoms with Gasteiger partial charge in [0.15, 0.2) is 0 Å². The Labute approximate surface area is 122 Å². The van der Waals surface area contributed by atoms with E-state index in [2.05, 4.69) is 12.2 Å². The van der Waals surface area contributed by atoms with Crippen molar-refractivity contribution in [2.24, 2.45) is 0 Å². The Hall–Kier alpha value is -0.810. The summed E-state index contributed by atoms with van der Waals surface area (Å²) in [6.45, 7) is 9.55. The minimum Gasteiger partial charge on any atom is -0.444 e. The highest BCUT2D eigenvalue weighted by molar-refractivity contribution is 5.68. The molecule has 5 nitrogen and oxygen atoms in total. The number of rotatable bonds is 5. The first-order valence-electron chi connectivity index (χ1n) is 7.73. The van der Waals surface area contributed by atoms with Crippen LogP contribution in [0, 0.1) is 0 Å². The van der Waals surface area contributed by atoms with E-state index in [1.54, 1.807) is 0 Å². The second-order valence-electron chi connectivity index (χ2n) is 6.43. The van der Waals surface area contributed by atoms with E-state index in [-0.39, 0.29) is 18.7 Å². The first kappa shape index (κ1) is 17.2. The molecular weight excluding hydrogens is 256 g/mol. The molecule has 0 aliphatic carbocycles. The molecule has 1 aliphatic rings. The van der Waals surface area contributed by atoms with Crippen LogP contribution in [-0.2, 0) is 4.74 Å². The number of carbonyl (C=O) groups excluding carboxylic acids is 1. The van der Waals surface area contributed by atoms with Gasteiger partial charge in [0.2, 0.25) is 0 Å². The van der Waals surface area contributed by atoms with Gasteiger partial charge >= 0.3 is 6.09 Å². The van der Waals surface area contributed by atoms with E-state index in [9.17, 15) is 4.79 Å². The van der Waals surface area contributed by atoms with Crippen molar-refractivity contribution >= 4 is 6.09 Å². The molecule has 2 atom stereocenters. The predicted molar refractivity (Wildman–Crippen MR) is 79.7 cm³/mol. The molecule has 1 rings (SSSR count). The lowest BCUT2D eigenvalue weighted by Gasteiger charge is -2.41. The Balaban J connectivity index is 2.63. The third kappa shape index (κ3) is 5.29.